The number of para-hydroxylation sites is 1. The molecule has 0 amide bonds. The first-order valence-electron chi connectivity index (χ1n) is 19.5. The maximum Gasteiger partial charge on any atom is 0.135 e. The highest BCUT2D eigenvalue weighted by Gasteiger charge is 2.18. The monoisotopic (exact) mass is 726 g/mol. The Morgan fingerprint density at radius 3 is 1.68 bits per heavy atom. The molecule has 0 N–H and O–H groups in total. The molecule has 266 valence electrons. The number of furan rings is 1. The Kier molecular flexibility index (Phi) is 6.93. The van der Waals surface area contributed by atoms with Crippen molar-refractivity contribution in [3.8, 4) is 27.9 Å². The molecule has 0 bridgehead atoms. The highest BCUT2D eigenvalue weighted by Crippen LogP contribution is 2.42. The van der Waals surface area contributed by atoms with Crippen molar-refractivity contribution < 1.29 is 4.42 Å². The fourth-order valence-electron chi connectivity index (χ4n) is 9.09. The van der Waals surface area contributed by atoms with E-state index >= 15 is 0 Å². The van der Waals surface area contributed by atoms with Gasteiger partial charge in [-0.05, 0) is 117 Å². The molecular formula is C54H34N2O. The lowest BCUT2D eigenvalue weighted by Crippen LogP contribution is -2.09. The number of fused-ring (bicyclic) bond motifs is 4. The molecule has 0 fully saturated rings. The fourth-order valence-corrected chi connectivity index (χ4v) is 9.09. The van der Waals surface area contributed by atoms with Crippen LogP contribution in [0.1, 0.15) is 0 Å². The van der Waals surface area contributed by atoms with Gasteiger partial charge in [0.25, 0.3) is 0 Å². The molecule has 0 radical (unpaired) electrons. The zero-order valence-electron chi connectivity index (χ0n) is 30.9. The SMILES string of the molecule is c1cc(-c2ccc(N(c3ccc(-c4cccc5ccccc45)cc3)c3ccc4oc5ccccc5c4c3)cc2)cc(-n2c3cccc4ccc5cccc2c5c43)c1. The Hall–Kier alpha value is -7.62. The van der Waals surface area contributed by atoms with Crippen molar-refractivity contribution in [3.63, 3.8) is 0 Å². The van der Waals surface area contributed by atoms with E-state index in [0.717, 1.165) is 50.3 Å². The van der Waals surface area contributed by atoms with Gasteiger partial charge in [0.1, 0.15) is 11.2 Å². The zero-order valence-corrected chi connectivity index (χ0v) is 30.9. The van der Waals surface area contributed by atoms with Gasteiger partial charge < -0.3 is 13.9 Å². The summed E-state index contributed by atoms with van der Waals surface area (Å²) in [6, 6.07) is 74.5. The van der Waals surface area contributed by atoms with Gasteiger partial charge in [-0.1, -0.05) is 133 Å². The normalized spacial score (nSPS) is 11.9. The zero-order chi connectivity index (χ0) is 37.5. The van der Waals surface area contributed by atoms with Crippen molar-refractivity contribution in [2.75, 3.05) is 4.90 Å². The van der Waals surface area contributed by atoms with Crippen molar-refractivity contribution in [2.24, 2.45) is 0 Å². The number of benzene rings is 10. The number of rotatable bonds is 6. The number of nitrogens with zero attached hydrogens (tertiary/aromatic N) is 2. The van der Waals surface area contributed by atoms with Crippen molar-refractivity contribution in [1.82, 2.24) is 4.57 Å². The summed E-state index contributed by atoms with van der Waals surface area (Å²) in [6.45, 7) is 0. The summed E-state index contributed by atoms with van der Waals surface area (Å²) in [5.41, 5.74) is 13.4. The summed E-state index contributed by atoms with van der Waals surface area (Å²) >= 11 is 0. The van der Waals surface area contributed by atoms with Gasteiger partial charge in [-0.15, -0.1) is 0 Å². The van der Waals surface area contributed by atoms with Crippen LogP contribution in [0.25, 0.3) is 93.2 Å². The molecule has 0 aliphatic rings. The average molecular weight is 727 g/mol. The lowest BCUT2D eigenvalue weighted by atomic mass is 9.98. The van der Waals surface area contributed by atoms with E-state index in [-0.39, 0.29) is 0 Å². The third-order valence-corrected chi connectivity index (χ3v) is 11.7. The minimum absolute atomic E-state index is 0.884. The molecule has 3 nitrogen and oxygen atoms in total. The van der Waals surface area contributed by atoms with Gasteiger partial charge in [-0.2, -0.15) is 0 Å². The third kappa shape index (κ3) is 4.99. The van der Waals surface area contributed by atoms with Gasteiger partial charge in [0, 0.05) is 44.3 Å². The maximum atomic E-state index is 6.24. The molecule has 0 aliphatic carbocycles. The predicted molar refractivity (Wildman–Crippen MR) is 240 cm³/mol. The van der Waals surface area contributed by atoms with Gasteiger partial charge >= 0.3 is 0 Å². The minimum Gasteiger partial charge on any atom is -0.456 e. The van der Waals surface area contributed by atoms with Crippen LogP contribution in [0.5, 0.6) is 0 Å². The molecular weight excluding hydrogens is 693 g/mol. The van der Waals surface area contributed by atoms with E-state index in [1.165, 1.54) is 60.0 Å². The number of hydrogen-bond acceptors (Lipinski definition) is 2. The molecule has 2 heterocycles. The van der Waals surface area contributed by atoms with Crippen molar-refractivity contribution >= 4 is 82.4 Å². The predicted octanol–water partition coefficient (Wildman–Crippen LogP) is 15.2. The van der Waals surface area contributed by atoms with Gasteiger partial charge in [-0.3, -0.25) is 0 Å². The van der Waals surface area contributed by atoms with Crippen LogP contribution in [-0.2, 0) is 0 Å². The van der Waals surface area contributed by atoms with Gasteiger partial charge in [0.2, 0.25) is 0 Å². The molecule has 2 aromatic heterocycles. The van der Waals surface area contributed by atoms with E-state index in [4.69, 9.17) is 4.42 Å². The molecule has 12 rings (SSSR count). The number of anilines is 3. The second kappa shape index (κ2) is 12.5. The van der Waals surface area contributed by atoms with Crippen LogP contribution in [0, 0.1) is 0 Å². The van der Waals surface area contributed by atoms with Crippen LogP contribution in [0.15, 0.2) is 211 Å². The summed E-state index contributed by atoms with van der Waals surface area (Å²) in [5, 5.41) is 9.91. The summed E-state index contributed by atoms with van der Waals surface area (Å²) in [4.78, 5) is 2.34. The van der Waals surface area contributed by atoms with Crippen molar-refractivity contribution in [3.05, 3.63) is 206 Å². The first-order valence-corrected chi connectivity index (χ1v) is 19.5. The van der Waals surface area contributed by atoms with Crippen LogP contribution < -0.4 is 4.90 Å². The molecule has 0 saturated heterocycles. The van der Waals surface area contributed by atoms with E-state index in [1.807, 2.05) is 12.1 Å². The van der Waals surface area contributed by atoms with Crippen LogP contribution >= 0.6 is 0 Å². The lowest BCUT2D eigenvalue weighted by Gasteiger charge is -2.26. The highest BCUT2D eigenvalue weighted by molar-refractivity contribution is 6.24. The molecule has 0 saturated carbocycles. The van der Waals surface area contributed by atoms with E-state index in [1.54, 1.807) is 0 Å². The van der Waals surface area contributed by atoms with E-state index in [0.29, 0.717) is 0 Å². The first-order chi connectivity index (χ1) is 28.2. The Morgan fingerprint density at radius 1 is 0.351 bits per heavy atom. The van der Waals surface area contributed by atoms with E-state index < -0.39 is 0 Å². The standard InChI is InChI=1S/C54H34N2O/c1-2-15-45-36(9-1)10-6-17-46(45)37-25-29-42(30-26-37)55(44-31-32-52-48(34-44)47-16-3-4-20-51(47)57-52)41-27-23-35(24-28-41)40-13-5-14-43(33-40)56-49-18-7-11-38-21-22-39-12-8-19-50(56)54(39)53(38)49/h1-34H. The van der Waals surface area contributed by atoms with E-state index in [2.05, 4.69) is 204 Å². The maximum absolute atomic E-state index is 6.24. The first kappa shape index (κ1) is 31.7. The summed E-state index contributed by atoms with van der Waals surface area (Å²) in [7, 11) is 0. The Balaban J connectivity index is 0.962. The Morgan fingerprint density at radius 2 is 0.930 bits per heavy atom. The molecule has 0 spiro atoms. The topological polar surface area (TPSA) is 21.3 Å². The number of hydrogen-bond donors (Lipinski definition) is 0. The summed E-state index contributed by atoms with van der Waals surface area (Å²) in [5.74, 6) is 0. The number of aromatic nitrogens is 1. The Bertz CT molecular complexity index is 3390. The second-order valence-corrected chi connectivity index (χ2v) is 14.9. The van der Waals surface area contributed by atoms with Gasteiger partial charge in [0.15, 0.2) is 0 Å². The molecule has 10 aromatic carbocycles. The van der Waals surface area contributed by atoms with Gasteiger partial charge in [-0.25, -0.2) is 0 Å². The van der Waals surface area contributed by atoms with Crippen LogP contribution in [-0.4, -0.2) is 4.57 Å². The molecule has 0 atom stereocenters. The quantitative estimate of drug-likeness (QED) is 0.159. The summed E-state index contributed by atoms with van der Waals surface area (Å²) in [6.07, 6.45) is 0. The van der Waals surface area contributed by atoms with Crippen LogP contribution in [0.2, 0.25) is 0 Å². The molecule has 3 heteroatoms. The molecule has 0 unspecified atom stereocenters. The average Bonchev–Trinajstić information content (AvgIpc) is 3.83. The third-order valence-electron chi connectivity index (χ3n) is 11.7. The summed E-state index contributed by atoms with van der Waals surface area (Å²) < 4.78 is 8.66. The largest absolute Gasteiger partial charge is 0.456 e. The lowest BCUT2D eigenvalue weighted by molar-refractivity contribution is 0.669. The van der Waals surface area contributed by atoms with E-state index in [9.17, 15) is 0 Å². The van der Waals surface area contributed by atoms with Crippen LogP contribution in [0.4, 0.5) is 17.1 Å². The minimum atomic E-state index is 0.884. The second-order valence-electron chi connectivity index (χ2n) is 14.9. The van der Waals surface area contributed by atoms with Gasteiger partial charge in [0.05, 0.1) is 11.0 Å². The molecule has 0 aliphatic heterocycles. The van der Waals surface area contributed by atoms with Crippen LogP contribution in [0.3, 0.4) is 0 Å². The smallest absolute Gasteiger partial charge is 0.135 e. The van der Waals surface area contributed by atoms with Crippen molar-refractivity contribution in [2.45, 2.75) is 0 Å². The molecule has 12 aromatic rings. The fraction of sp³-hybridized carbons (Fsp3) is 0. The van der Waals surface area contributed by atoms with Crippen molar-refractivity contribution in [1.29, 1.82) is 0 Å². The Labute approximate surface area is 329 Å². The highest BCUT2D eigenvalue weighted by atomic mass is 16.3. The molecule has 57 heavy (non-hydrogen) atoms.